The van der Waals surface area contributed by atoms with Gasteiger partial charge in [-0.1, -0.05) is 6.07 Å². The van der Waals surface area contributed by atoms with Crippen LogP contribution in [0.15, 0.2) is 34.9 Å². The molecule has 1 aromatic carbocycles. The number of aromatic carboxylic acids is 1. The van der Waals surface area contributed by atoms with E-state index in [0.717, 1.165) is 22.0 Å². The Kier molecular flexibility index (Phi) is 3.78. The van der Waals surface area contributed by atoms with Crippen molar-refractivity contribution >= 4 is 27.8 Å². The van der Waals surface area contributed by atoms with E-state index in [-0.39, 0.29) is 11.5 Å². The van der Waals surface area contributed by atoms with Gasteiger partial charge in [-0.05, 0) is 51.7 Å². The number of nitrogens with zero attached hydrogens (tertiary/aromatic N) is 2. The number of carboxylic acids is 1. The standard InChI is InChI=1S/C16H15BrN2O3/c1-18-9-13(17)7-14(18)15(20)19-5-4-10-2-3-11(16(21)22)6-12(10)8-19/h2-3,6-7,9H,4-5,8H2,1H3,(H,21,22). The van der Waals surface area contributed by atoms with E-state index in [1.54, 1.807) is 27.7 Å². The first-order chi connectivity index (χ1) is 10.5. The van der Waals surface area contributed by atoms with Gasteiger partial charge in [-0.2, -0.15) is 0 Å². The number of aryl methyl sites for hydroxylation is 1. The molecule has 22 heavy (non-hydrogen) atoms. The molecule has 0 spiro atoms. The molecule has 0 aliphatic carbocycles. The van der Waals surface area contributed by atoms with Crippen molar-refractivity contribution in [2.45, 2.75) is 13.0 Å². The number of carboxylic acid groups (broad SMARTS) is 1. The second kappa shape index (κ2) is 5.61. The van der Waals surface area contributed by atoms with Gasteiger partial charge in [0.2, 0.25) is 0 Å². The third-order valence-electron chi connectivity index (χ3n) is 3.94. The highest BCUT2D eigenvalue weighted by molar-refractivity contribution is 9.10. The Labute approximate surface area is 136 Å². The molecule has 0 radical (unpaired) electrons. The molecule has 0 fully saturated rings. The molecule has 0 atom stereocenters. The van der Waals surface area contributed by atoms with Crippen LogP contribution in [0.2, 0.25) is 0 Å². The Bertz CT molecular complexity index is 767. The smallest absolute Gasteiger partial charge is 0.335 e. The Morgan fingerprint density at radius 2 is 2.00 bits per heavy atom. The molecule has 2 heterocycles. The van der Waals surface area contributed by atoms with E-state index >= 15 is 0 Å². The molecule has 1 amide bonds. The van der Waals surface area contributed by atoms with Crippen molar-refractivity contribution in [1.82, 2.24) is 9.47 Å². The van der Waals surface area contributed by atoms with Gasteiger partial charge in [0.25, 0.3) is 5.91 Å². The molecule has 3 rings (SSSR count). The average molecular weight is 363 g/mol. The number of fused-ring (bicyclic) bond motifs is 1. The minimum absolute atomic E-state index is 0.0421. The summed E-state index contributed by atoms with van der Waals surface area (Å²) in [5.74, 6) is -0.989. The van der Waals surface area contributed by atoms with E-state index in [2.05, 4.69) is 15.9 Å². The summed E-state index contributed by atoms with van der Waals surface area (Å²) in [5, 5.41) is 9.09. The van der Waals surface area contributed by atoms with Crippen LogP contribution in [0.3, 0.4) is 0 Å². The van der Waals surface area contributed by atoms with Crippen molar-refractivity contribution in [2.75, 3.05) is 6.54 Å². The van der Waals surface area contributed by atoms with Crippen molar-refractivity contribution in [3.05, 3.63) is 57.3 Å². The Hall–Kier alpha value is -2.08. The van der Waals surface area contributed by atoms with Crippen molar-refractivity contribution in [1.29, 1.82) is 0 Å². The van der Waals surface area contributed by atoms with Gasteiger partial charge in [0.15, 0.2) is 0 Å². The SMILES string of the molecule is Cn1cc(Br)cc1C(=O)N1CCc2ccc(C(=O)O)cc2C1. The lowest BCUT2D eigenvalue weighted by molar-refractivity contribution is 0.0696. The van der Waals surface area contributed by atoms with Gasteiger partial charge in [-0.25, -0.2) is 4.79 Å². The molecular weight excluding hydrogens is 348 g/mol. The van der Waals surface area contributed by atoms with Crippen LogP contribution in [0.4, 0.5) is 0 Å². The fourth-order valence-electron chi connectivity index (χ4n) is 2.76. The number of hydrogen-bond acceptors (Lipinski definition) is 2. The van der Waals surface area contributed by atoms with Crippen LogP contribution in [0.25, 0.3) is 0 Å². The molecule has 1 N–H and O–H groups in total. The molecule has 1 aliphatic rings. The quantitative estimate of drug-likeness (QED) is 0.893. The molecule has 0 saturated heterocycles. The molecule has 0 bridgehead atoms. The average Bonchev–Trinajstić information content (AvgIpc) is 2.84. The lowest BCUT2D eigenvalue weighted by atomic mass is 9.97. The van der Waals surface area contributed by atoms with E-state index in [1.807, 2.05) is 19.3 Å². The van der Waals surface area contributed by atoms with Crippen LogP contribution >= 0.6 is 15.9 Å². The third kappa shape index (κ3) is 2.66. The maximum atomic E-state index is 12.6. The van der Waals surface area contributed by atoms with Crippen LogP contribution < -0.4 is 0 Å². The van der Waals surface area contributed by atoms with E-state index in [0.29, 0.717) is 18.8 Å². The zero-order valence-electron chi connectivity index (χ0n) is 12.0. The molecule has 5 nitrogen and oxygen atoms in total. The van der Waals surface area contributed by atoms with Gasteiger partial charge < -0.3 is 14.6 Å². The second-order valence-corrected chi connectivity index (χ2v) is 6.34. The van der Waals surface area contributed by atoms with E-state index in [1.165, 1.54) is 0 Å². The molecule has 0 unspecified atom stereocenters. The predicted octanol–water partition coefficient (Wildman–Crippen LogP) is 2.68. The molecular formula is C16H15BrN2O3. The van der Waals surface area contributed by atoms with Crippen LogP contribution in [-0.2, 0) is 20.0 Å². The molecule has 6 heteroatoms. The highest BCUT2D eigenvalue weighted by Crippen LogP contribution is 2.23. The number of benzene rings is 1. The van der Waals surface area contributed by atoms with Crippen LogP contribution in [-0.4, -0.2) is 33.0 Å². The first-order valence-electron chi connectivity index (χ1n) is 6.92. The number of aromatic nitrogens is 1. The van der Waals surface area contributed by atoms with Gasteiger partial charge in [-0.15, -0.1) is 0 Å². The van der Waals surface area contributed by atoms with E-state index in [9.17, 15) is 9.59 Å². The third-order valence-corrected chi connectivity index (χ3v) is 4.38. The van der Waals surface area contributed by atoms with Gasteiger partial charge in [-0.3, -0.25) is 4.79 Å². The Morgan fingerprint density at radius 3 is 2.64 bits per heavy atom. The van der Waals surface area contributed by atoms with E-state index < -0.39 is 5.97 Å². The fraction of sp³-hybridized carbons (Fsp3) is 0.250. The summed E-state index contributed by atoms with van der Waals surface area (Å²) < 4.78 is 2.65. The minimum Gasteiger partial charge on any atom is -0.478 e. The van der Waals surface area contributed by atoms with Gasteiger partial charge >= 0.3 is 5.97 Å². The first kappa shape index (κ1) is 14.8. The molecule has 2 aromatic rings. The summed E-state index contributed by atoms with van der Waals surface area (Å²) in [7, 11) is 1.83. The highest BCUT2D eigenvalue weighted by Gasteiger charge is 2.24. The number of halogens is 1. The number of carbonyl (C=O) groups excluding carboxylic acids is 1. The van der Waals surface area contributed by atoms with Crippen molar-refractivity contribution < 1.29 is 14.7 Å². The maximum Gasteiger partial charge on any atom is 0.335 e. The molecule has 0 saturated carbocycles. The second-order valence-electron chi connectivity index (χ2n) is 5.42. The zero-order chi connectivity index (χ0) is 15.9. The van der Waals surface area contributed by atoms with Crippen LogP contribution in [0.1, 0.15) is 32.0 Å². The fourth-order valence-corrected chi connectivity index (χ4v) is 3.29. The van der Waals surface area contributed by atoms with Crippen molar-refractivity contribution in [3.63, 3.8) is 0 Å². The number of hydrogen-bond donors (Lipinski definition) is 1. The number of rotatable bonds is 2. The topological polar surface area (TPSA) is 62.5 Å². The molecule has 1 aliphatic heterocycles. The monoisotopic (exact) mass is 362 g/mol. The number of amides is 1. The van der Waals surface area contributed by atoms with E-state index in [4.69, 9.17) is 5.11 Å². The number of carbonyl (C=O) groups is 2. The highest BCUT2D eigenvalue weighted by atomic mass is 79.9. The van der Waals surface area contributed by atoms with Crippen molar-refractivity contribution in [3.8, 4) is 0 Å². The normalized spacial score (nSPS) is 13.8. The molecule has 1 aromatic heterocycles. The lowest BCUT2D eigenvalue weighted by Gasteiger charge is -2.29. The maximum absolute atomic E-state index is 12.6. The van der Waals surface area contributed by atoms with Crippen LogP contribution in [0.5, 0.6) is 0 Å². The summed E-state index contributed by atoms with van der Waals surface area (Å²) in [5.41, 5.74) is 2.90. The molecule has 114 valence electrons. The Morgan fingerprint density at radius 1 is 1.23 bits per heavy atom. The van der Waals surface area contributed by atoms with Gasteiger partial charge in [0.05, 0.1) is 5.56 Å². The minimum atomic E-state index is -0.947. The summed E-state index contributed by atoms with van der Waals surface area (Å²) in [4.78, 5) is 25.5. The summed E-state index contributed by atoms with van der Waals surface area (Å²) >= 11 is 3.37. The largest absolute Gasteiger partial charge is 0.478 e. The zero-order valence-corrected chi connectivity index (χ0v) is 13.6. The van der Waals surface area contributed by atoms with Crippen LogP contribution in [0, 0.1) is 0 Å². The van der Waals surface area contributed by atoms with Crippen molar-refractivity contribution in [2.24, 2.45) is 7.05 Å². The summed E-state index contributed by atoms with van der Waals surface area (Å²) in [6.07, 6.45) is 2.58. The lowest BCUT2D eigenvalue weighted by Crippen LogP contribution is -2.36. The first-order valence-corrected chi connectivity index (χ1v) is 7.71. The summed E-state index contributed by atoms with van der Waals surface area (Å²) in [6.45, 7) is 1.08. The van der Waals surface area contributed by atoms with Gasteiger partial charge in [0, 0.05) is 30.8 Å². The predicted molar refractivity (Wildman–Crippen MR) is 85.0 cm³/mol. The van der Waals surface area contributed by atoms with Gasteiger partial charge in [0.1, 0.15) is 5.69 Å². The Balaban J connectivity index is 1.87. The summed E-state index contributed by atoms with van der Waals surface area (Å²) in [6, 6.07) is 6.93.